The summed E-state index contributed by atoms with van der Waals surface area (Å²) in [6.45, 7) is 6.01. The molecule has 0 aliphatic carbocycles. The van der Waals surface area contributed by atoms with Crippen LogP contribution in [-0.4, -0.2) is 39.0 Å². The number of nitrogens with one attached hydrogen (secondary N) is 1. The zero-order valence-electron chi connectivity index (χ0n) is 16.8. The van der Waals surface area contributed by atoms with E-state index in [1.807, 2.05) is 0 Å². The number of halogens is 1. The first-order valence-electron chi connectivity index (χ1n) is 9.25. The molecule has 2 amide bonds. The van der Waals surface area contributed by atoms with Gasteiger partial charge in [-0.05, 0) is 51.0 Å². The molecular formula is C20H21FN4O5. The SMILES string of the molecule is CC(C)(C)OC(=O)N1CCc2ccc(NC(=O)c3cc(F)ccc3[N+](=O)[O-])nc2C1. The Bertz CT molecular complexity index is 1020. The Morgan fingerprint density at radius 2 is 2.00 bits per heavy atom. The monoisotopic (exact) mass is 416 g/mol. The predicted octanol–water partition coefficient (Wildman–Crippen LogP) is 3.67. The van der Waals surface area contributed by atoms with Crippen LogP contribution in [0.15, 0.2) is 30.3 Å². The highest BCUT2D eigenvalue weighted by Gasteiger charge is 2.27. The normalized spacial score (nSPS) is 13.4. The van der Waals surface area contributed by atoms with E-state index in [0.29, 0.717) is 18.7 Å². The first kappa shape index (κ1) is 21.2. The van der Waals surface area contributed by atoms with Crippen LogP contribution in [0.5, 0.6) is 0 Å². The number of ether oxygens (including phenoxy) is 1. The van der Waals surface area contributed by atoms with E-state index in [-0.39, 0.29) is 12.4 Å². The van der Waals surface area contributed by atoms with Gasteiger partial charge in [-0.15, -0.1) is 0 Å². The Labute approximate surface area is 172 Å². The molecular weight excluding hydrogens is 395 g/mol. The van der Waals surface area contributed by atoms with Gasteiger partial charge in [-0.25, -0.2) is 14.2 Å². The van der Waals surface area contributed by atoms with Crippen molar-refractivity contribution in [3.05, 3.63) is 63.1 Å². The van der Waals surface area contributed by atoms with Crippen LogP contribution in [0.25, 0.3) is 0 Å². The van der Waals surface area contributed by atoms with Gasteiger partial charge in [0.1, 0.15) is 22.8 Å². The van der Waals surface area contributed by atoms with Crippen molar-refractivity contribution in [3.63, 3.8) is 0 Å². The minimum Gasteiger partial charge on any atom is -0.444 e. The molecule has 2 aromatic rings. The number of carbonyl (C=O) groups is 2. The van der Waals surface area contributed by atoms with Crippen molar-refractivity contribution in [1.82, 2.24) is 9.88 Å². The third-order valence-corrected chi connectivity index (χ3v) is 4.35. The number of fused-ring (bicyclic) bond motifs is 1. The van der Waals surface area contributed by atoms with E-state index in [2.05, 4.69) is 10.3 Å². The van der Waals surface area contributed by atoms with Gasteiger partial charge in [0.2, 0.25) is 0 Å². The summed E-state index contributed by atoms with van der Waals surface area (Å²) in [6.07, 6.45) is 0.116. The number of pyridine rings is 1. The fourth-order valence-electron chi connectivity index (χ4n) is 2.99. The van der Waals surface area contributed by atoms with Gasteiger partial charge in [-0.2, -0.15) is 0 Å². The van der Waals surface area contributed by atoms with E-state index in [4.69, 9.17) is 4.74 Å². The molecule has 1 aliphatic rings. The highest BCUT2D eigenvalue weighted by Crippen LogP contribution is 2.23. The van der Waals surface area contributed by atoms with E-state index in [9.17, 15) is 24.1 Å². The molecule has 0 saturated heterocycles. The van der Waals surface area contributed by atoms with Gasteiger partial charge in [0.15, 0.2) is 0 Å². The lowest BCUT2D eigenvalue weighted by Gasteiger charge is -2.30. The number of hydrogen-bond acceptors (Lipinski definition) is 6. The molecule has 0 fully saturated rings. The van der Waals surface area contributed by atoms with Crippen molar-refractivity contribution in [3.8, 4) is 0 Å². The highest BCUT2D eigenvalue weighted by atomic mass is 19.1. The molecule has 0 spiro atoms. The Kier molecular flexibility index (Phi) is 5.68. The molecule has 1 aliphatic heterocycles. The molecule has 2 heterocycles. The zero-order valence-corrected chi connectivity index (χ0v) is 16.8. The van der Waals surface area contributed by atoms with E-state index in [1.165, 1.54) is 4.90 Å². The van der Waals surface area contributed by atoms with Crippen molar-refractivity contribution >= 4 is 23.5 Å². The van der Waals surface area contributed by atoms with Crippen LogP contribution < -0.4 is 5.32 Å². The Balaban J connectivity index is 1.78. The number of benzene rings is 1. The molecule has 30 heavy (non-hydrogen) atoms. The zero-order chi connectivity index (χ0) is 22.1. The number of nitro groups is 1. The fourth-order valence-corrected chi connectivity index (χ4v) is 2.99. The number of nitro benzene ring substituents is 1. The molecule has 0 unspecified atom stereocenters. The van der Waals surface area contributed by atoms with Crippen LogP contribution >= 0.6 is 0 Å². The van der Waals surface area contributed by atoms with Crippen LogP contribution in [-0.2, 0) is 17.7 Å². The largest absolute Gasteiger partial charge is 0.444 e. The van der Waals surface area contributed by atoms with E-state index in [0.717, 1.165) is 23.8 Å². The Morgan fingerprint density at radius 3 is 2.67 bits per heavy atom. The first-order chi connectivity index (χ1) is 14.0. The smallest absolute Gasteiger partial charge is 0.410 e. The van der Waals surface area contributed by atoms with Gasteiger partial charge >= 0.3 is 6.09 Å². The summed E-state index contributed by atoms with van der Waals surface area (Å²) in [6, 6.07) is 5.98. The first-order valence-corrected chi connectivity index (χ1v) is 9.25. The standard InChI is InChI=1S/C20H21FN4O5/c1-20(2,3)30-19(27)24-9-8-12-4-7-17(22-15(12)11-24)23-18(26)14-10-13(21)5-6-16(14)25(28)29/h4-7,10H,8-9,11H2,1-3H3,(H,22,23,26). The maximum atomic E-state index is 13.5. The molecule has 10 heteroatoms. The Hall–Kier alpha value is -3.56. The van der Waals surface area contributed by atoms with Crippen LogP contribution in [0.2, 0.25) is 0 Å². The molecule has 1 aromatic heterocycles. The summed E-state index contributed by atoms with van der Waals surface area (Å²) in [5, 5.41) is 13.6. The summed E-state index contributed by atoms with van der Waals surface area (Å²) in [4.78, 5) is 41.0. The van der Waals surface area contributed by atoms with Crippen molar-refractivity contribution in [2.45, 2.75) is 39.3 Å². The second-order valence-corrected chi connectivity index (χ2v) is 7.83. The average molecular weight is 416 g/mol. The lowest BCUT2D eigenvalue weighted by Crippen LogP contribution is -2.40. The summed E-state index contributed by atoms with van der Waals surface area (Å²) in [5.41, 5.74) is -0.0404. The quantitative estimate of drug-likeness (QED) is 0.603. The molecule has 3 rings (SSSR count). The summed E-state index contributed by atoms with van der Waals surface area (Å²) >= 11 is 0. The van der Waals surface area contributed by atoms with Crippen molar-refractivity contribution < 1.29 is 23.6 Å². The van der Waals surface area contributed by atoms with Gasteiger partial charge in [-0.1, -0.05) is 6.07 Å². The van der Waals surface area contributed by atoms with E-state index >= 15 is 0 Å². The number of carbonyl (C=O) groups excluding carboxylic acids is 2. The van der Waals surface area contributed by atoms with Crippen LogP contribution in [0.1, 0.15) is 42.4 Å². The maximum absolute atomic E-state index is 13.5. The molecule has 0 saturated carbocycles. The lowest BCUT2D eigenvalue weighted by atomic mass is 10.1. The third kappa shape index (κ3) is 4.88. The summed E-state index contributed by atoms with van der Waals surface area (Å²) in [5.74, 6) is -1.48. The molecule has 9 nitrogen and oxygen atoms in total. The number of aromatic nitrogens is 1. The molecule has 0 radical (unpaired) electrons. The second kappa shape index (κ2) is 8.05. The Morgan fingerprint density at radius 1 is 1.27 bits per heavy atom. The topological polar surface area (TPSA) is 115 Å². The van der Waals surface area contributed by atoms with Crippen LogP contribution in [0.4, 0.5) is 20.7 Å². The minimum atomic E-state index is -0.853. The number of amides is 2. The van der Waals surface area contributed by atoms with Crippen molar-refractivity contribution in [1.29, 1.82) is 0 Å². The number of hydrogen-bond donors (Lipinski definition) is 1. The third-order valence-electron chi connectivity index (χ3n) is 4.35. The van der Waals surface area contributed by atoms with Gasteiger partial charge in [0.25, 0.3) is 11.6 Å². The lowest BCUT2D eigenvalue weighted by molar-refractivity contribution is -0.385. The molecule has 1 aromatic carbocycles. The van der Waals surface area contributed by atoms with Gasteiger partial charge in [-0.3, -0.25) is 14.9 Å². The van der Waals surface area contributed by atoms with Crippen LogP contribution in [0, 0.1) is 15.9 Å². The summed E-state index contributed by atoms with van der Waals surface area (Å²) in [7, 11) is 0. The average Bonchev–Trinajstić information content (AvgIpc) is 2.65. The minimum absolute atomic E-state index is 0.142. The second-order valence-electron chi connectivity index (χ2n) is 7.83. The number of rotatable bonds is 3. The molecule has 0 atom stereocenters. The van der Waals surface area contributed by atoms with Crippen molar-refractivity contribution in [2.24, 2.45) is 0 Å². The van der Waals surface area contributed by atoms with Gasteiger partial charge in [0.05, 0.1) is 17.2 Å². The number of nitrogens with zero attached hydrogens (tertiary/aromatic N) is 3. The van der Waals surface area contributed by atoms with Crippen molar-refractivity contribution in [2.75, 3.05) is 11.9 Å². The predicted molar refractivity (Wildman–Crippen MR) is 106 cm³/mol. The maximum Gasteiger partial charge on any atom is 0.410 e. The van der Waals surface area contributed by atoms with E-state index in [1.54, 1.807) is 32.9 Å². The highest BCUT2D eigenvalue weighted by molar-refractivity contribution is 6.06. The summed E-state index contributed by atoms with van der Waals surface area (Å²) < 4.78 is 18.9. The molecule has 0 bridgehead atoms. The van der Waals surface area contributed by atoms with Gasteiger partial charge < -0.3 is 15.0 Å². The molecule has 1 N–H and O–H groups in total. The van der Waals surface area contributed by atoms with Gasteiger partial charge in [0, 0.05) is 12.6 Å². The van der Waals surface area contributed by atoms with E-state index < -0.39 is 39.6 Å². The number of anilines is 1. The van der Waals surface area contributed by atoms with Crippen LogP contribution in [0.3, 0.4) is 0 Å². The molecule has 158 valence electrons. The fraction of sp³-hybridized carbons (Fsp3) is 0.350.